The van der Waals surface area contributed by atoms with Gasteiger partial charge < -0.3 is 15.0 Å². The lowest BCUT2D eigenvalue weighted by Gasteiger charge is -2.13. The van der Waals surface area contributed by atoms with Crippen LogP contribution in [0.3, 0.4) is 0 Å². The number of nitrogens with zero attached hydrogens (tertiary/aromatic N) is 2. The van der Waals surface area contributed by atoms with Crippen LogP contribution in [-0.2, 0) is 16.1 Å². The molecule has 1 aromatic carbocycles. The van der Waals surface area contributed by atoms with Crippen molar-refractivity contribution in [2.75, 3.05) is 20.1 Å². The molecule has 0 heterocycles. The second kappa shape index (κ2) is 7.71. The molecule has 0 bridgehead atoms. The van der Waals surface area contributed by atoms with Crippen LogP contribution in [0.4, 0.5) is 4.79 Å². The zero-order valence-electron chi connectivity index (χ0n) is 10.6. The van der Waals surface area contributed by atoms with Gasteiger partial charge in [-0.25, -0.2) is 4.79 Å². The van der Waals surface area contributed by atoms with Gasteiger partial charge in [-0.15, -0.1) is 0 Å². The molecule has 19 heavy (non-hydrogen) atoms. The maximum atomic E-state index is 11.4. The van der Waals surface area contributed by atoms with Gasteiger partial charge in [-0.1, -0.05) is 30.3 Å². The first-order valence-electron chi connectivity index (χ1n) is 5.69. The predicted octanol–water partition coefficient (Wildman–Crippen LogP) is 0.895. The van der Waals surface area contributed by atoms with Crippen LogP contribution in [0, 0.1) is 11.3 Å². The van der Waals surface area contributed by atoms with Gasteiger partial charge in [-0.2, -0.15) is 5.26 Å². The number of rotatable bonds is 5. The van der Waals surface area contributed by atoms with Gasteiger partial charge in [0, 0.05) is 7.05 Å². The van der Waals surface area contributed by atoms with Crippen molar-refractivity contribution in [3.63, 3.8) is 0 Å². The summed E-state index contributed by atoms with van der Waals surface area (Å²) in [6, 6.07) is 11.1. The Kier molecular flexibility index (Phi) is 5.89. The third-order valence-electron chi connectivity index (χ3n) is 2.33. The predicted molar refractivity (Wildman–Crippen MR) is 67.9 cm³/mol. The molecule has 6 heteroatoms. The number of nitriles is 1. The molecule has 1 N–H and O–H groups in total. The lowest BCUT2D eigenvalue weighted by Crippen LogP contribution is -2.38. The zero-order valence-corrected chi connectivity index (χ0v) is 10.6. The molecule has 1 rings (SSSR count). The fourth-order valence-corrected chi connectivity index (χ4v) is 1.25. The van der Waals surface area contributed by atoms with Gasteiger partial charge in [-0.3, -0.25) is 4.79 Å². The molecule has 0 radical (unpaired) electrons. The SMILES string of the molecule is CN(CC#N)C(=O)CNC(=O)OCc1ccccc1. The van der Waals surface area contributed by atoms with E-state index in [1.807, 2.05) is 36.4 Å². The molecule has 0 atom stereocenters. The molecule has 0 aliphatic heterocycles. The maximum Gasteiger partial charge on any atom is 0.407 e. The standard InChI is InChI=1S/C13H15N3O3/c1-16(8-7-14)12(17)9-15-13(18)19-10-11-5-3-2-4-6-11/h2-6H,8-10H2,1H3,(H,15,18). The largest absolute Gasteiger partial charge is 0.445 e. The smallest absolute Gasteiger partial charge is 0.407 e. The molecule has 6 nitrogen and oxygen atoms in total. The monoisotopic (exact) mass is 261 g/mol. The summed E-state index contributed by atoms with van der Waals surface area (Å²) < 4.78 is 4.93. The van der Waals surface area contributed by atoms with E-state index in [0.29, 0.717) is 0 Å². The van der Waals surface area contributed by atoms with Crippen LogP contribution >= 0.6 is 0 Å². The second-order valence-electron chi connectivity index (χ2n) is 3.82. The van der Waals surface area contributed by atoms with Crippen molar-refractivity contribution < 1.29 is 14.3 Å². The summed E-state index contributed by atoms with van der Waals surface area (Å²) in [7, 11) is 1.49. The topological polar surface area (TPSA) is 82.4 Å². The van der Waals surface area contributed by atoms with Gasteiger partial charge in [-0.05, 0) is 5.56 Å². The van der Waals surface area contributed by atoms with Crippen LogP contribution < -0.4 is 5.32 Å². The number of carbonyl (C=O) groups is 2. The highest BCUT2D eigenvalue weighted by Crippen LogP contribution is 2.00. The third kappa shape index (κ3) is 5.55. The van der Waals surface area contributed by atoms with E-state index in [1.165, 1.54) is 11.9 Å². The molecule has 0 unspecified atom stereocenters. The average Bonchev–Trinajstić information content (AvgIpc) is 2.43. The van der Waals surface area contributed by atoms with Crippen LogP contribution in [0.15, 0.2) is 30.3 Å². The van der Waals surface area contributed by atoms with Crippen LogP contribution in [0.25, 0.3) is 0 Å². The number of benzene rings is 1. The Morgan fingerprint density at radius 3 is 2.68 bits per heavy atom. The Morgan fingerprint density at radius 1 is 1.37 bits per heavy atom. The van der Waals surface area contributed by atoms with E-state index in [2.05, 4.69) is 5.32 Å². The van der Waals surface area contributed by atoms with Crippen molar-refractivity contribution in [3.8, 4) is 6.07 Å². The molecule has 100 valence electrons. The molecule has 0 aliphatic carbocycles. The van der Waals surface area contributed by atoms with Gasteiger partial charge in [0.2, 0.25) is 5.91 Å². The summed E-state index contributed by atoms with van der Waals surface area (Å²) in [5, 5.41) is 10.7. The average molecular weight is 261 g/mol. The molecule has 0 spiro atoms. The highest BCUT2D eigenvalue weighted by Gasteiger charge is 2.10. The van der Waals surface area contributed by atoms with E-state index in [4.69, 9.17) is 10.00 Å². The maximum absolute atomic E-state index is 11.4. The minimum atomic E-state index is -0.664. The Hall–Kier alpha value is -2.55. The first-order chi connectivity index (χ1) is 9.13. The highest BCUT2D eigenvalue weighted by molar-refractivity contribution is 5.82. The number of carbonyl (C=O) groups excluding carboxylic acids is 2. The number of hydrogen-bond acceptors (Lipinski definition) is 4. The number of ether oxygens (including phenoxy) is 1. The lowest BCUT2D eigenvalue weighted by molar-refractivity contribution is -0.128. The Balaban J connectivity index is 2.25. The highest BCUT2D eigenvalue weighted by atomic mass is 16.5. The van der Waals surface area contributed by atoms with Crippen molar-refractivity contribution in [2.45, 2.75) is 6.61 Å². The van der Waals surface area contributed by atoms with Gasteiger partial charge >= 0.3 is 6.09 Å². The number of hydrogen-bond donors (Lipinski definition) is 1. The van der Waals surface area contributed by atoms with E-state index < -0.39 is 6.09 Å². The first kappa shape index (κ1) is 14.5. The van der Waals surface area contributed by atoms with Crippen LogP contribution in [0.1, 0.15) is 5.56 Å². The summed E-state index contributed by atoms with van der Waals surface area (Å²) in [5.41, 5.74) is 0.866. The van der Waals surface area contributed by atoms with Crippen molar-refractivity contribution in [3.05, 3.63) is 35.9 Å². The molecule has 0 fully saturated rings. The fourth-order valence-electron chi connectivity index (χ4n) is 1.25. The molecule has 0 aliphatic rings. The van der Waals surface area contributed by atoms with Gasteiger partial charge in [0.25, 0.3) is 0 Å². The van der Waals surface area contributed by atoms with E-state index in [1.54, 1.807) is 0 Å². The molecule has 0 saturated carbocycles. The van der Waals surface area contributed by atoms with Crippen LogP contribution in [0.2, 0.25) is 0 Å². The Bertz CT molecular complexity index is 468. The fraction of sp³-hybridized carbons (Fsp3) is 0.308. The third-order valence-corrected chi connectivity index (χ3v) is 2.33. The van der Waals surface area contributed by atoms with Crippen molar-refractivity contribution >= 4 is 12.0 Å². The minimum absolute atomic E-state index is 0.0143. The quantitative estimate of drug-likeness (QED) is 0.798. The van der Waals surface area contributed by atoms with Gasteiger partial charge in [0.15, 0.2) is 0 Å². The summed E-state index contributed by atoms with van der Waals surface area (Å²) >= 11 is 0. The van der Waals surface area contributed by atoms with Crippen molar-refractivity contribution in [2.24, 2.45) is 0 Å². The number of likely N-dealkylation sites (N-methyl/N-ethyl adjacent to an activating group) is 1. The summed E-state index contributed by atoms with van der Waals surface area (Å²) in [6.45, 7) is -0.0553. The number of alkyl carbamates (subject to hydrolysis) is 1. The summed E-state index contributed by atoms with van der Waals surface area (Å²) in [6.07, 6.45) is -0.664. The van der Waals surface area contributed by atoms with Crippen LogP contribution in [0.5, 0.6) is 0 Å². The minimum Gasteiger partial charge on any atom is -0.445 e. The Morgan fingerprint density at radius 2 is 2.05 bits per heavy atom. The Labute approximate surface area is 111 Å². The molecule has 2 amide bonds. The molecule has 1 aromatic rings. The van der Waals surface area contributed by atoms with E-state index in [9.17, 15) is 9.59 Å². The first-order valence-corrected chi connectivity index (χ1v) is 5.69. The summed E-state index contributed by atoms with van der Waals surface area (Å²) in [5.74, 6) is -0.349. The summed E-state index contributed by atoms with van der Waals surface area (Å²) in [4.78, 5) is 24.0. The normalized spacial score (nSPS) is 9.26. The van der Waals surface area contributed by atoms with Crippen molar-refractivity contribution in [1.82, 2.24) is 10.2 Å². The van der Waals surface area contributed by atoms with E-state index in [0.717, 1.165) is 5.56 Å². The molecular formula is C13H15N3O3. The molecule has 0 aromatic heterocycles. The van der Waals surface area contributed by atoms with Gasteiger partial charge in [0.05, 0.1) is 6.07 Å². The zero-order chi connectivity index (χ0) is 14.1. The van der Waals surface area contributed by atoms with E-state index in [-0.39, 0.29) is 25.6 Å². The molecule has 0 saturated heterocycles. The van der Waals surface area contributed by atoms with Crippen LogP contribution in [-0.4, -0.2) is 37.0 Å². The molecular weight excluding hydrogens is 246 g/mol. The van der Waals surface area contributed by atoms with Crippen molar-refractivity contribution in [1.29, 1.82) is 5.26 Å². The van der Waals surface area contributed by atoms with E-state index >= 15 is 0 Å². The van der Waals surface area contributed by atoms with Gasteiger partial charge in [0.1, 0.15) is 19.7 Å². The number of nitrogens with one attached hydrogen (secondary N) is 1. The second-order valence-corrected chi connectivity index (χ2v) is 3.82. The lowest BCUT2D eigenvalue weighted by atomic mass is 10.2. The number of amides is 2.